The first-order valence-corrected chi connectivity index (χ1v) is 11.5. The summed E-state index contributed by atoms with van der Waals surface area (Å²) in [4.78, 5) is 20.6. The molecule has 0 spiro atoms. The van der Waals surface area contributed by atoms with Crippen LogP contribution in [0.15, 0.2) is 48.7 Å². The molecule has 1 heterocycles. The zero-order valence-corrected chi connectivity index (χ0v) is 19.5. The van der Waals surface area contributed by atoms with E-state index in [0.29, 0.717) is 29.4 Å². The van der Waals surface area contributed by atoms with Gasteiger partial charge in [-0.15, -0.1) is 0 Å². The molecule has 1 amide bonds. The molecule has 0 radical (unpaired) electrons. The van der Waals surface area contributed by atoms with Crippen LogP contribution in [0.1, 0.15) is 35.6 Å². The maximum Gasteiger partial charge on any atom is 0.225 e. The molecule has 10 heteroatoms. The highest BCUT2D eigenvalue weighted by atomic mass is 32.2. The van der Waals surface area contributed by atoms with Crippen molar-refractivity contribution in [2.45, 2.75) is 32.2 Å². The summed E-state index contributed by atoms with van der Waals surface area (Å²) >= 11 is -2.38. The third-order valence-electron chi connectivity index (χ3n) is 5.10. The van der Waals surface area contributed by atoms with E-state index < -0.39 is 11.3 Å². The number of carbonyl (C=O) groups is 1. The molecule has 2 aromatic carbocycles. The highest BCUT2D eigenvalue weighted by Crippen LogP contribution is 2.28. The molecular formula is C23H27N4O5S-. The monoisotopic (exact) mass is 471 g/mol. The Balaban J connectivity index is 1.75. The zero-order chi connectivity index (χ0) is 23.8. The number of nitrogens with one attached hydrogen (secondary N) is 3. The molecule has 0 aliphatic rings. The first-order valence-electron chi connectivity index (χ1n) is 10.4. The number of hydrogen-bond donors (Lipinski definition) is 3. The normalized spacial score (nSPS) is 12.6. The SMILES string of the molecule is CCc1cnc([C@H](Cc2ccc(NS(=O)[O-])cc2)NC(=O)Cc2ccc(OC)c(OC)c2)[nH]1. The van der Waals surface area contributed by atoms with Gasteiger partial charge in [0, 0.05) is 28.8 Å². The molecule has 0 saturated carbocycles. The summed E-state index contributed by atoms with van der Waals surface area (Å²) in [5.41, 5.74) is 3.15. The van der Waals surface area contributed by atoms with Gasteiger partial charge in [-0.25, -0.2) is 4.98 Å². The van der Waals surface area contributed by atoms with Crippen LogP contribution >= 0.6 is 0 Å². The summed E-state index contributed by atoms with van der Waals surface area (Å²) in [6.45, 7) is 2.02. The van der Waals surface area contributed by atoms with Crippen molar-refractivity contribution in [3.63, 3.8) is 0 Å². The van der Waals surface area contributed by atoms with Crippen LogP contribution in [-0.4, -0.2) is 38.9 Å². The van der Waals surface area contributed by atoms with E-state index in [2.05, 4.69) is 20.0 Å². The van der Waals surface area contributed by atoms with Gasteiger partial charge in [0.05, 0.1) is 26.7 Å². The Morgan fingerprint density at radius 2 is 1.82 bits per heavy atom. The second-order valence-corrected chi connectivity index (χ2v) is 8.04. The van der Waals surface area contributed by atoms with Crippen LogP contribution < -0.4 is 19.5 Å². The second kappa shape index (κ2) is 11.5. The number of H-pyrrole nitrogens is 1. The van der Waals surface area contributed by atoms with Gasteiger partial charge in [-0.2, -0.15) is 0 Å². The van der Waals surface area contributed by atoms with Gasteiger partial charge in [-0.05, 0) is 48.2 Å². The number of imidazole rings is 1. The van der Waals surface area contributed by atoms with Gasteiger partial charge in [0.15, 0.2) is 11.5 Å². The van der Waals surface area contributed by atoms with E-state index in [0.717, 1.165) is 23.2 Å². The highest BCUT2D eigenvalue weighted by Gasteiger charge is 2.19. The van der Waals surface area contributed by atoms with Crippen LogP contribution in [0.25, 0.3) is 0 Å². The molecule has 3 aromatic rings. The molecule has 9 nitrogen and oxygen atoms in total. The number of aryl methyl sites for hydroxylation is 1. The summed E-state index contributed by atoms with van der Waals surface area (Å²) in [5, 5.41) is 3.06. The number of methoxy groups -OCH3 is 2. The van der Waals surface area contributed by atoms with Crippen LogP contribution in [0.2, 0.25) is 0 Å². The van der Waals surface area contributed by atoms with Gasteiger partial charge in [0.2, 0.25) is 5.91 Å². The van der Waals surface area contributed by atoms with Crippen molar-refractivity contribution in [1.29, 1.82) is 0 Å². The molecule has 3 rings (SSSR count). The van der Waals surface area contributed by atoms with E-state index in [9.17, 15) is 13.6 Å². The third-order valence-corrected chi connectivity index (χ3v) is 5.50. The Labute approximate surface area is 195 Å². The van der Waals surface area contributed by atoms with Crippen LogP contribution in [0.4, 0.5) is 5.69 Å². The van der Waals surface area contributed by atoms with Crippen molar-refractivity contribution in [1.82, 2.24) is 15.3 Å². The first-order chi connectivity index (χ1) is 15.9. The van der Waals surface area contributed by atoms with Crippen LogP contribution in [0.3, 0.4) is 0 Å². The number of hydrogen-bond acceptors (Lipinski definition) is 6. The van der Waals surface area contributed by atoms with Gasteiger partial charge in [0.1, 0.15) is 5.82 Å². The van der Waals surface area contributed by atoms with Crippen molar-refractivity contribution in [3.8, 4) is 11.5 Å². The fourth-order valence-electron chi connectivity index (χ4n) is 3.41. The maximum atomic E-state index is 12.9. The molecule has 176 valence electrons. The number of rotatable bonds is 11. The van der Waals surface area contributed by atoms with E-state index in [1.54, 1.807) is 44.7 Å². The number of carbonyl (C=O) groups excluding carboxylic acids is 1. The van der Waals surface area contributed by atoms with Gasteiger partial charge in [-0.1, -0.05) is 25.1 Å². The largest absolute Gasteiger partial charge is 0.755 e. The van der Waals surface area contributed by atoms with Gasteiger partial charge < -0.3 is 29.0 Å². The third kappa shape index (κ3) is 6.80. The molecule has 1 aromatic heterocycles. The first kappa shape index (κ1) is 24.3. The molecule has 0 aliphatic carbocycles. The average Bonchev–Trinajstić information content (AvgIpc) is 3.29. The minimum atomic E-state index is -2.38. The van der Waals surface area contributed by atoms with Crippen LogP contribution in [0.5, 0.6) is 11.5 Å². The minimum absolute atomic E-state index is 0.163. The fraction of sp³-hybridized carbons (Fsp3) is 0.304. The number of benzene rings is 2. The van der Waals surface area contributed by atoms with Crippen molar-refractivity contribution in [2.24, 2.45) is 0 Å². The molecule has 33 heavy (non-hydrogen) atoms. The summed E-state index contributed by atoms with van der Waals surface area (Å²) in [6.07, 6.45) is 3.21. The number of anilines is 1. The van der Waals surface area contributed by atoms with E-state index in [1.165, 1.54) is 0 Å². The topological polar surface area (TPSA) is 128 Å². The molecular weight excluding hydrogens is 444 g/mol. The predicted octanol–water partition coefficient (Wildman–Crippen LogP) is 2.84. The molecule has 0 bridgehead atoms. The molecule has 3 N–H and O–H groups in total. The van der Waals surface area contributed by atoms with Crippen LogP contribution in [0, 0.1) is 0 Å². The zero-order valence-electron chi connectivity index (χ0n) is 18.7. The van der Waals surface area contributed by atoms with Crippen LogP contribution in [-0.2, 0) is 35.3 Å². The molecule has 1 unspecified atom stereocenters. The number of nitrogens with zero attached hydrogens (tertiary/aromatic N) is 1. The second-order valence-electron chi connectivity index (χ2n) is 7.37. The Kier molecular flexibility index (Phi) is 8.45. The Morgan fingerprint density at radius 3 is 2.42 bits per heavy atom. The van der Waals surface area contributed by atoms with Crippen molar-refractivity contribution < 1.29 is 23.0 Å². The van der Waals surface area contributed by atoms with Crippen molar-refractivity contribution in [2.75, 3.05) is 18.9 Å². The number of aromatic nitrogens is 2. The molecule has 0 fully saturated rings. The lowest BCUT2D eigenvalue weighted by Gasteiger charge is -2.18. The fourth-order valence-corrected chi connectivity index (χ4v) is 3.74. The summed E-state index contributed by atoms with van der Waals surface area (Å²) in [5.74, 6) is 1.66. The quantitative estimate of drug-likeness (QED) is 0.369. The van der Waals surface area contributed by atoms with Gasteiger partial charge in [0.25, 0.3) is 0 Å². The minimum Gasteiger partial charge on any atom is -0.755 e. The van der Waals surface area contributed by atoms with E-state index >= 15 is 0 Å². The van der Waals surface area contributed by atoms with Crippen molar-refractivity contribution >= 4 is 22.9 Å². The van der Waals surface area contributed by atoms with Gasteiger partial charge >= 0.3 is 0 Å². The predicted molar refractivity (Wildman–Crippen MR) is 125 cm³/mol. The Hall–Kier alpha value is -3.37. The maximum absolute atomic E-state index is 12.9. The Bertz CT molecular complexity index is 1100. The molecule has 2 atom stereocenters. The summed E-state index contributed by atoms with van der Waals surface area (Å²) < 4.78 is 34.5. The van der Waals surface area contributed by atoms with E-state index in [1.807, 2.05) is 25.1 Å². The van der Waals surface area contributed by atoms with Gasteiger partial charge in [-0.3, -0.25) is 9.00 Å². The Morgan fingerprint density at radius 1 is 1.12 bits per heavy atom. The molecule has 0 saturated heterocycles. The number of amides is 1. The number of aromatic amines is 1. The lowest BCUT2D eigenvalue weighted by atomic mass is 10.0. The smallest absolute Gasteiger partial charge is 0.225 e. The van der Waals surface area contributed by atoms with E-state index in [4.69, 9.17) is 9.47 Å². The average molecular weight is 472 g/mol. The molecule has 0 aliphatic heterocycles. The standard InChI is InChI=1S/C23H28N4O5S/c1-4-17-14-24-23(25-17)19(11-15-5-8-18(9-6-15)27-33(29)30)26-22(28)13-16-7-10-20(31-2)21(12-16)32-3/h5-10,12,14,19,27H,4,11,13H2,1-3H3,(H,24,25)(H,26,28)(H,29,30)/p-1/t19-/m0/s1. The van der Waals surface area contributed by atoms with Crippen molar-refractivity contribution in [3.05, 3.63) is 71.3 Å². The summed E-state index contributed by atoms with van der Waals surface area (Å²) in [6, 6.07) is 12.0. The number of ether oxygens (including phenoxy) is 2. The highest BCUT2D eigenvalue weighted by molar-refractivity contribution is 7.80. The van der Waals surface area contributed by atoms with E-state index in [-0.39, 0.29) is 18.4 Å². The summed E-state index contributed by atoms with van der Waals surface area (Å²) in [7, 11) is 3.11. The lowest BCUT2D eigenvalue weighted by molar-refractivity contribution is -0.121. The lowest BCUT2D eigenvalue weighted by Crippen LogP contribution is -2.32.